The zero-order valence-electron chi connectivity index (χ0n) is 15.1. The minimum absolute atomic E-state index is 0.199. The number of ether oxygens (including phenoxy) is 1. The van der Waals surface area contributed by atoms with E-state index < -0.39 is 0 Å². The molecule has 1 aliphatic rings. The molecule has 0 fully saturated rings. The van der Waals surface area contributed by atoms with Crippen molar-refractivity contribution in [3.05, 3.63) is 46.2 Å². The summed E-state index contributed by atoms with van der Waals surface area (Å²) in [5.74, 6) is 0.312. The number of nitrogens with one attached hydrogen (secondary N) is 2. The van der Waals surface area contributed by atoms with Gasteiger partial charge in [0, 0.05) is 58.7 Å². The van der Waals surface area contributed by atoms with Gasteiger partial charge in [-0.15, -0.1) is 0 Å². The van der Waals surface area contributed by atoms with E-state index in [0.29, 0.717) is 44.9 Å². The Balaban J connectivity index is 1.60. The van der Waals surface area contributed by atoms with E-state index in [1.807, 2.05) is 4.57 Å². The highest BCUT2D eigenvalue weighted by Crippen LogP contribution is 2.12. The van der Waals surface area contributed by atoms with Gasteiger partial charge in [-0.2, -0.15) is 0 Å². The number of amides is 2. The van der Waals surface area contributed by atoms with Crippen molar-refractivity contribution in [2.75, 3.05) is 33.4 Å². The van der Waals surface area contributed by atoms with Gasteiger partial charge in [0.15, 0.2) is 0 Å². The van der Waals surface area contributed by atoms with E-state index in [1.54, 1.807) is 18.2 Å². The van der Waals surface area contributed by atoms with Crippen molar-refractivity contribution >= 4 is 11.8 Å². The maximum atomic E-state index is 12.5. The summed E-state index contributed by atoms with van der Waals surface area (Å²) in [5.41, 5.74) is 0.227. The molecule has 2 aromatic rings. The fourth-order valence-electron chi connectivity index (χ4n) is 2.87. The number of aromatic nitrogens is 4. The molecule has 0 radical (unpaired) electrons. The standard InChI is InChI=1S/C17H22N6O4/c1-27-8-2-4-18-16(25)13-11-23-7-6-22(5-3-14(23)21-13)17(26)12-9-20-15(24)10-19-12/h9-11H,2-8H2,1H3,(H,18,25)(H,20,24). The molecule has 0 aliphatic carbocycles. The van der Waals surface area contributed by atoms with Crippen molar-refractivity contribution in [1.82, 2.24) is 29.7 Å². The van der Waals surface area contributed by atoms with E-state index >= 15 is 0 Å². The smallest absolute Gasteiger partial charge is 0.274 e. The SMILES string of the molecule is COCCCNC(=O)c1cn2c(n1)CCN(C(=O)c1c[nH]c(=O)cn1)CC2. The highest BCUT2D eigenvalue weighted by atomic mass is 16.5. The van der Waals surface area contributed by atoms with Gasteiger partial charge in [0.25, 0.3) is 17.4 Å². The van der Waals surface area contributed by atoms with Crippen molar-refractivity contribution in [3.8, 4) is 0 Å². The van der Waals surface area contributed by atoms with Crippen molar-refractivity contribution < 1.29 is 14.3 Å². The van der Waals surface area contributed by atoms with E-state index in [2.05, 4.69) is 20.3 Å². The van der Waals surface area contributed by atoms with Gasteiger partial charge in [-0.3, -0.25) is 14.4 Å². The lowest BCUT2D eigenvalue weighted by Gasteiger charge is -2.19. The van der Waals surface area contributed by atoms with Crippen LogP contribution in [-0.2, 0) is 17.7 Å². The van der Waals surface area contributed by atoms with E-state index in [4.69, 9.17) is 4.74 Å². The summed E-state index contributed by atoms with van der Waals surface area (Å²) in [7, 11) is 1.62. The van der Waals surface area contributed by atoms with E-state index in [1.165, 1.54) is 6.20 Å². The first-order valence-corrected chi connectivity index (χ1v) is 8.75. The van der Waals surface area contributed by atoms with Crippen LogP contribution in [0, 0.1) is 0 Å². The summed E-state index contributed by atoms with van der Waals surface area (Å²) in [4.78, 5) is 48.2. The maximum Gasteiger partial charge on any atom is 0.274 e. The van der Waals surface area contributed by atoms with Crippen LogP contribution in [0.3, 0.4) is 0 Å². The van der Waals surface area contributed by atoms with E-state index in [9.17, 15) is 14.4 Å². The Bertz CT molecular complexity index is 829. The number of methoxy groups -OCH3 is 1. The molecule has 1 aliphatic heterocycles. The highest BCUT2D eigenvalue weighted by molar-refractivity contribution is 5.92. The van der Waals surface area contributed by atoms with Crippen LogP contribution < -0.4 is 10.9 Å². The lowest BCUT2D eigenvalue weighted by molar-refractivity contribution is 0.0752. The monoisotopic (exact) mass is 374 g/mol. The number of carbonyl (C=O) groups excluding carboxylic acids is 2. The predicted octanol–water partition coefficient (Wildman–Crippen LogP) is -0.569. The van der Waals surface area contributed by atoms with Crippen LogP contribution in [-0.4, -0.2) is 69.6 Å². The molecule has 2 amide bonds. The first-order valence-electron chi connectivity index (χ1n) is 8.75. The zero-order valence-corrected chi connectivity index (χ0v) is 15.1. The molecule has 3 heterocycles. The number of carbonyl (C=O) groups is 2. The normalized spacial score (nSPS) is 13.7. The molecular weight excluding hydrogens is 352 g/mol. The van der Waals surface area contributed by atoms with Crippen molar-refractivity contribution in [2.24, 2.45) is 0 Å². The number of hydrogen-bond acceptors (Lipinski definition) is 6. The molecule has 27 heavy (non-hydrogen) atoms. The number of imidazole rings is 1. The summed E-state index contributed by atoms with van der Waals surface area (Å²) >= 11 is 0. The quantitative estimate of drug-likeness (QED) is 0.653. The largest absolute Gasteiger partial charge is 0.385 e. The average molecular weight is 374 g/mol. The van der Waals surface area contributed by atoms with Crippen LogP contribution >= 0.6 is 0 Å². The molecule has 0 atom stereocenters. The molecular formula is C17H22N6O4. The molecule has 10 heteroatoms. The Morgan fingerprint density at radius 1 is 1.30 bits per heavy atom. The number of H-pyrrole nitrogens is 1. The molecule has 2 aromatic heterocycles. The first-order chi connectivity index (χ1) is 13.1. The van der Waals surface area contributed by atoms with Crippen LogP contribution in [0.1, 0.15) is 33.2 Å². The van der Waals surface area contributed by atoms with Crippen molar-refractivity contribution in [3.63, 3.8) is 0 Å². The van der Waals surface area contributed by atoms with Gasteiger partial charge in [-0.1, -0.05) is 0 Å². The molecule has 2 N–H and O–H groups in total. The number of fused-ring (bicyclic) bond motifs is 1. The second-order valence-corrected chi connectivity index (χ2v) is 6.18. The summed E-state index contributed by atoms with van der Waals surface area (Å²) in [6.07, 6.45) is 5.40. The summed E-state index contributed by atoms with van der Waals surface area (Å²) in [5, 5.41) is 2.82. The Morgan fingerprint density at radius 2 is 2.15 bits per heavy atom. The van der Waals surface area contributed by atoms with Crippen LogP contribution in [0.25, 0.3) is 0 Å². The second kappa shape index (κ2) is 8.58. The van der Waals surface area contributed by atoms with Crippen molar-refractivity contribution in [1.29, 1.82) is 0 Å². The minimum Gasteiger partial charge on any atom is -0.385 e. The predicted molar refractivity (Wildman–Crippen MR) is 95.5 cm³/mol. The third-order valence-electron chi connectivity index (χ3n) is 4.30. The third kappa shape index (κ3) is 4.59. The molecule has 0 saturated heterocycles. The van der Waals surface area contributed by atoms with Gasteiger partial charge in [0.2, 0.25) is 0 Å². The number of nitrogens with zero attached hydrogens (tertiary/aromatic N) is 4. The maximum absolute atomic E-state index is 12.5. The molecule has 3 rings (SSSR count). The van der Waals surface area contributed by atoms with Crippen molar-refractivity contribution in [2.45, 2.75) is 19.4 Å². The molecule has 144 valence electrons. The average Bonchev–Trinajstić information content (AvgIpc) is 2.98. The van der Waals surface area contributed by atoms with E-state index in [0.717, 1.165) is 18.4 Å². The Labute approximate surface area is 155 Å². The molecule has 0 aromatic carbocycles. The van der Waals surface area contributed by atoms with Crippen LogP contribution in [0.5, 0.6) is 0 Å². The van der Waals surface area contributed by atoms with E-state index in [-0.39, 0.29) is 23.1 Å². The van der Waals surface area contributed by atoms with Gasteiger partial charge in [-0.25, -0.2) is 9.97 Å². The summed E-state index contributed by atoms with van der Waals surface area (Å²) in [6.45, 7) is 2.59. The summed E-state index contributed by atoms with van der Waals surface area (Å²) < 4.78 is 6.85. The Kier molecular flexibility index (Phi) is 5.97. The minimum atomic E-state index is -0.351. The molecule has 0 spiro atoms. The van der Waals surface area contributed by atoms with Gasteiger partial charge in [-0.05, 0) is 6.42 Å². The van der Waals surface area contributed by atoms with Gasteiger partial charge < -0.3 is 24.5 Å². The molecule has 0 bridgehead atoms. The summed E-state index contributed by atoms with van der Waals surface area (Å²) in [6, 6.07) is 0. The van der Waals surface area contributed by atoms with Crippen LogP contribution in [0.15, 0.2) is 23.4 Å². The first kappa shape index (κ1) is 18.8. The topological polar surface area (TPSA) is 122 Å². The lowest BCUT2D eigenvalue weighted by atomic mass is 10.3. The Morgan fingerprint density at radius 3 is 2.89 bits per heavy atom. The fraction of sp³-hybridized carbons (Fsp3) is 0.471. The fourth-order valence-corrected chi connectivity index (χ4v) is 2.87. The Hall–Kier alpha value is -3.01. The van der Waals surface area contributed by atoms with Gasteiger partial charge in [0.1, 0.15) is 17.2 Å². The van der Waals surface area contributed by atoms with Gasteiger partial charge >= 0.3 is 0 Å². The molecule has 0 saturated carbocycles. The lowest BCUT2D eigenvalue weighted by Crippen LogP contribution is -2.34. The van der Waals surface area contributed by atoms with Crippen LogP contribution in [0.4, 0.5) is 0 Å². The zero-order chi connectivity index (χ0) is 19.2. The second-order valence-electron chi connectivity index (χ2n) is 6.18. The van der Waals surface area contributed by atoms with Gasteiger partial charge in [0.05, 0.1) is 6.20 Å². The highest BCUT2D eigenvalue weighted by Gasteiger charge is 2.23. The van der Waals surface area contributed by atoms with Crippen LogP contribution in [0.2, 0.25) is 0 Å². The number of rotatable bonds is 6. The number of hydrogen-bond donors (Lipinski definition) is 2. The molecule has 0 unspecified atom stereocenters. The molecule has 10 nitrogen and oxygen atoms in total. The third-order valence-corrected chi connectivity index (χ3v) is 4.30. The number of aromatic amines is 1.